The third-order valence-corrected chi connectivity index (χ3v) is 6.17. The van der Waals surface area contributed by atoms with Crippen molar-refractivity contribution in [3.05, 3.63) is 66.2 Å². The van der Waals surface area contributed by atoms with Crippen LogP contribution in [0.5, 0.6) is 0 Å². The van der Waals surface area contributed by atoms with Crippen molar-refractivity contribution in [2.75, 3.05) is 6.54 Å². The number of imide groups is 1. The summed E-state index contributed by atoms with van der Waals surface area (Å²) in [6.07, 6.45) is 14.8. The zero-order valence-electron chi connectivity index (χ0n) is 18.4. The molecule has 0 radical (unpaired) electrons. The zero-order chi connectivity index (χ0) is 21.6. The van der Waals surface area contributed by atoms with Gasteiger partial charge in [-0.25, -0.2) is 9.13 Å². The molecule has 31 heavy (non-hydrogen) atoms. The molecule has 0 unspecified atom stereocenters. The Morgan fingerprint density at radius 1 is 0.806 bits per heavy atom. The summed E-state index contributed by atoms with van der Waals surface area (Å²) < 4.78 is 4.37. The Morgan fingerprint density at radius 3 is 2.19 bits per heavy atom. The number of imidazole rings is 1. The second-order valence-corrected chi connectivity index (χ2v) is 8.48. The Bertz CT molecular complexity index is 1020. The number of amides is 2. The van der Waals surface area contributed by atoms with E-state index in [1.54, 1.807) is 0 Å². The molecule has 2 amide bonds. The highest BCUT2D eigenvalue weighted by Gasteiger charge is 2.32. The van der Waals surface area contributed by atoms with E-state index in [0.717, 1.165) is 30.3 Å². The van der Waals surface area contributed by atoms with E-state index in [-0.39, 0.29) is 11.8 Å². The number of aryl methyl sites for hydroxylation is 2. The van der Waals surface area contributed by atoms with Gasteiger partial charge in [0, 0.05) is 29.5 Å². The lowest BCUT2D eigenvalue weighted by Gasteiger charge is -2.26. The lowest BCUT2D eigenvalue weighted by Crippen LogP contribution is -2.42. The number of benzene rings is 2. The van der Waals surface area contributed by atoms with E-state index in [4.69, 9.17) is 0 Å². The highest BCUT2D eigenvalue weighted by atomic mass is 16.2. The molecule has 162 valence electrons. The van der Waals surface area contributed by atoms with E-state index >= 15 is 0 Å². The molecule has 0 aliphatic carbocycles. The van der Waals surface area contributed by atoms with Crippen LogP contribution in [0.25, 0.3) is 10.8 Å². The van der Waals surface area contributed by atoms with Gasteiger partial charge in [0.05, 0.1) is 13.1 Å². The van der Waals surface area contributed by atoms with E-state index in [0.29, 0.717) is 17.7 Å². The first-order valence-electron chi connectivity index (χ1n) is 11.6. The summed E-state index contributed by atoms with van der Waals surface area (Å²) in [6.45, 7) is 4.50. The average molecular weight is 419 g/mol. The first kappa shape index (κ1) is 21.3. The molecule has 0 N–H and O–H groups in total. The van der Waals surface area contributed by atoms with Crippen molar-refractivity contribution in [1.29, 1.82) is 0 Å². The standard InChI is InChI=1S/C26H32N3O2/c1-2-3-4-5-6-7-15-27-18-19-28(20-27)16-10-17-29-25(30)22-13-8-11-21-12-9-14-23(24(21)22)26(29)31/h8-9,11-14,18-20H,2-7,10,15-17H2,1H3/q+1. The number of hydrogen-bond donors (Lipinski definition) is 0. The third kappa shape index (κ3) is 4.71. The predicted octanol–water partition coefficient (Wildman–Crippen LogP) is 4.98. The van der Waals surface area contributed by atoms with Crippen molar-refractivity contribution in [2.45, 2.75) is 65.0 Å². The molecule has 2 aromatic carbocycles. The van der Waals surface area contributed by atoms with Crippen LogP contribution in [0.2, 0.25) is 0 Å². The zero-order valence-corrected chi connectivity index (χ0v) is 18.4. The van der Waals surface area contributed by atoms with Crippen LogP contribution in [0.4, 0.5) is 0 Å². The monoisotopic (exact) mass is 418 g/mol. The minimum absolute atomic E-state index is 0.181. The van der Waals surface area contributed by atoms with Crippen molar-refractivity contribution < 1.29 is 14.2 Å². The number of rotatable bonds is 11. The van der Waals surface area contributed by atoms with Crippen LogP contribution in [-0.4, -0.2) is 27.8 Å². The second kappa shape index (κ2) is 9.90. The molecular weight excluding hydrogens is 386 g/mol. The van der Waals surface area contributed by atoms with Crippen LogP contribution in [-0.2, 0) is 13.1 Å². The summed E-state index contributed by atoms with van der Waals surface area (Å²) in [6, 6.07) is 11.3. The maximum Gasteiger partial charge on any atom is 0.261 e. The Morgan fingerprint density at radius 2 is 1.48 bits per heavy atom. The number of unbranched alkanes of at least 4 members (excludes halogenated alkanes) is 5. The minimum atomic E-state index is -0.181. The van der Waals surface area contributed by atoms with Crippen LogP contribution in [0.3, 0.4) is 0 Å². The minimum Gasteiger partial charge on any atom is -0.274 e. The highest BCUT2D eigenvalue weighted by Crippen LogP contribution is 2.29. The van der Waals surface area contributed by atoms with Gasteiger partial charge >= 0.3 is 0 Å². The first-order chi connectivity index (χ1) is 15.2. The molecule has 4 rings (SSSR count). The molecule has 0 saturated heterocycles. The van der Waals surface area contributed by atoms with E-state index < -0.39 is 0 Å². The number of hydrogen-bond acceptors (Lipinski definition) is 2. The van der Waals surface area contributed by atoms with E-state index in [2.05, 4.69) is 34.8 Å². The summed E-state index contributed by atoms with van der Waals surface area (Å²) in [5.74, 6) is -0.361. The van der Waals surface area contributed by atoms with Gasteiger partial charge < -0.3 is 0 Å². The largest absolute Gasteiger partial charge is 0.274 e. The molecule has 3 aromatic rings. The molecular formula is C26H32N3O2+. The molecule has 1 aliphatic rings. The molecule has 2 heterocycles. The summed E-state index contributed by atoms with van der Waals surface area (Å²) in [7, 11) is 0. The number of nitrogens with zero attached hydrogens (tertiary/aromatic N) is 3. The Labute approximate surface area is 184 Å². The molecule has 0 fully saturated rings. The van der Waals surface area contributed by atoms with Crippen molar-refractivity contribution >= 4 is 22.6 Å². The maximum atomic E-state index is 13.0. The van der Waals surface area contributed by atoms with Crippen LogP contribution < -0.4 is 4.57 Å². The predicted molar refractivity (Wildman–Crippen MR) is 122 cm³/mol. The first-order valence-corrected chi connectivity index (χ1v) is 11.6. The van der Waals surface area contributed by atoms with Crippen LogP contribution in [0, 0.1) is 0 Å². The van der Waals surface area contributed by atoms with Crippen molar-refractivity contribution in [2.24, 2.45) is 0 Å². The van der Waals surface area contributed by atoms with Crippen LogP contribution in [0.15, 0.2) is 55.1 Å². The fourth-order valence-corrected chi connectivity index (χ4v) is 4.47. The molecule has 0 bridgehead atoms. The van der Waals surface area contributed by atoms with Crippen molar-refractivity contribution in [3.8, 4) is 0 Å². The molecule has 0 atom stereocenters. The lowest BCUT2D eigenvalue weighted by molar-refractivity contribution is -0.696. The quantitative estimate of drug-likeness (QED) is 0.251. The fraction of sp³-hybridized carbons (Fsp3) is 0.423. The SMILES string of the molecule is CCCCCCCCn1cc[n+](CCCN2C(=O)c3cccc4cccc(c34)C2=O)c1. The Kier molecular flexibility index (Phi) is 6.80. The number of carbonyl (C=O) groups is 2. The van der Waals surface area contributed by atoms with Gasteiger partial charge in [0.1, 0.15) is 12.4 Å². The number of carbonyl (C=O) groups excluding carboxylic acids is 2. The van der Waals surface area contributed by atoms with E-state index in [9.17, 15) is 9.59 Å². The molecule has 1 aromatic heterocycles. The normalized spacial score (nSPS) is 13.4. The Hall–Kier alpha value is -2.95. The maximum absolute atomic E-state index is 13.0. The van der Waals surface area contributed by atoms with Crippen LogP contribution >= 0.6 is 0 Å². The smallest absolute Gasteiger partial charge is 0.261 e. The van der Waals surface area contributed by atoms with Gasteiger partial charge in [-0.05, 0) is 30.4 Å². The van der Waals surface area contributed by atoms with Gasteiger partial charge in [0.25, 0.3) is 11.8 Å². The molecule has 5 heteroatoms. The van der Waals surface area contributed by atoms with Crippen LogP contribution in [0.1, 0.15) is 72.6 Å². The molecule has 5 nitrogen and oxygen atoms in total. The van der Waals surface area contributed by atoms with E-state index in [1.807, 2.05) is 36.4 Å². The van der Waals surface area contributed by atoms with Gasteiger partial charge in [-0.2, -0.15) is 0 Å². The van der Waals surface area contributed by atoms with Gasteiger partial charge in [-0.3, -0.25) is 14.5 Å². The van der Waals surface area contributed by atoms with Gasteiger partial charge in [0.15, 0.2) is 0 Å². The highest BCUT2D eigenvalue weighted by molar-refractivity contribution is 6.25. The topological polar surface area (TPSA) is 46.2 Å². The summed E-state index contributed by atoms with van der Waals surface area (Å²) in [5.41, 5.74) is 1.26. The summed E-state index contributed by atoms with van der Waals surface area (Å²) in [4.78, 5) is 27.3. The average Bonchev–Trinajstić information content (AvgIpc) is 3.24. The number of aromatic nitrogens is 2. The molecule has 0 saturated carbocycles. The Balaban J connectivity index is 1.30. The molecule has 0 spiro atoms. The van der Waals surface area contributed by atoms with Crippen molar-refractivity contribution in [1.82, 2.24) is 9.47 Å². The summed E-state index contributed by atoms with van der Waals surface area (Å²) >= 11 is 0. The van der Waals surface area contributed by atoms with Gasteiger partial charge in [-0.15, -0.1) is 0 Å². The fourth-order valence-electron chi connectivity index (χ4n) is 4.47. The third-order valence-electron chi connectivity index (χ3n) is 6.17. The van der Waals surface area contributed by atoms with Crippen molar-refractivity contribution in [3.63, 3.8) is 0 Å². The van der Waals surface area contributed by atoms with E-state index in [1.165, 1.54) is 43.4 Å². The summed E-state index contributed by atoms with van der Waals surface area (Å²) in [5, 5.41) is 1.73. The lowest BCUT2D eigenvalue weighted by atomic mass is 9.94. The molecule has 1 aliphatic heterocycles. The van der Waals surface area contributed by atoms with Gasteiger partial charge in [-0.1, -0.05) is 56.9 Å². The second-order valence-electron chi connectivity index (χ2n) is 8.48. The van der Waals surface area contributed by atoms with Gasteiger partial charge in [0.2, 0.25) is 6.33 Å².